The summed E-state index contributed by atoms with van der Waals surface area (Å²) in [4.78, 5) is 8.21. The van der Waals surface area contributed by atoms with Crippen LogP contribution in [0.5, 0.6) is 11.5 Å². The molecule has 8 nitrogen and oxygen atoms in total. The van der Waals surface area contributed by atoms with E-state index in [0.29, 0.717) is 43.2 Å². The molecule has 0 atom stereocenters. The van der Waals surface area contributed by atoms with Gasteiger partial charge in [0.2, 0.25) is 0 Å². The van der Waals surface area contributed by atoms with Gasteiger partial charge < -0.3 is 31.7 Å². The van der Waals surface area contributed by atoms with Gasteiger partial charge in [0.25, 0.3) is 0 Å². The van der Waals surface area contributed by atoms with E-state index in [1.165, 1.54) is 10.3 Å². The first kappa shape index (κ1) is 44.5. The molecule has 0 fully saturated rings. The van der Waals surface area contributed by atoms with E-state index in [9.17, 15) is 10.2 Å². The number of benzene rings is 2. The normalized spacial score (nSPS) is 9.21. The Morgan fingerprint density at radius 2 is 1.11 bits per heavy atom. The van der Waals surface area contributed by atoms with Crippen LogP contribution in [-0.4, -0.2) is 63.0 Å². The third kappa shape index (κ3) is 22.3. The molecule has 0 amide bonds. The summed E-state index contributed by atoms with van der Waals surface area (Å²) in [5, 5.41) is 47.1. The van der Waals surface area contributed by atoms with Gasteiger partial charge >= 0.3 is 34.1 Å². The zero-order chi connectivity index (χ0) is 27.9. The van der Waals surface area contributed by atoms with Crippen LogP contribution >= 0.6 is 79.5 Å². The molecular formula is C22H22Br2Cl2Cu2N6O2S2. The number of aliphatic imine (C=N–C) groups is 2. The molecule has 0 aromatic heterocycles. The number of nitrogens with one attached hydrogen (secondary N) is 2. The van der Waals surface area contributed by atoms with Crippen molar-refractivity contribution >= 4 is 102 Å². The summed E-state index contributed by atoms with van der Waals surface area (Å²) in [6.07, 6.45) is 3.10. The zero-order valence-corrected chi connectivity index (χ0v) is 28.0. The molecular weight excluding hydrogens is 802 g/mol. The molecule has 0 aliphatic carbocycles. The smallest absolute Gasteiger partial charge is 0.871 e. The fraction of sp³-hybridized carbons (Fsp3) is 0.273. The van der Waals surface area contributed by atoms with Crippen molar-refractivity contribution in [3.05, 3.63) is 65.2 Å². The van der Waals surface area contributed by atoms with Gasteiger partial charge in [-0.25, -0.2) is 0 Å². The monoisotopic (exact) mass is 820 g/mol. The zero-order valence-electron chi connectivity index (χ0n) is 19.8. The van der Waals surface area contributed by atoms with Crippen molar-refractivity contribution in [3.63, 3.8) is 0 Å². The SMILES string of the molecule is CNCCN=Cc1cc(Cl)cc(Br)c1[O-].CNCCN=Cc1cc(Cl)cc(Br)c1[O-].[Cu+2].[Cu+2].[N-]=C=S.[N-]=C=S. The maximum Gasteiger partial charge on any atom is 2.00 e. The van der Waals surface area contributed by atoms with Crippen molar-refractivity contribution in [2.75, 3.05) is 40.3 Å². The molecule has 2 N–H and O–H groups in total. The fourth-order valence-corrected chi connectivity index (χ4v) is 3.70. The molecule has 2 radical (unpaired) electrons. The van der Waals surface area contributed by atoms with Crippen molar-refractivity contribution in [1.29, 1.82) is 0 Å². The molecule has 2 rings (SSSR count). The van der Waals surface area contributed by atoms with Crippen LogP contribution in [0.15, 0.2) is 43.2 Å². The molecule has 2 aromatic rings. The number of nitrogens with zero attached hydrogens (tertiary/aromatic N) is 4. The predicted octanol–water partition coefficient (Wildman–Crippen LogP) is 4.94. The quantitative estimate of drug-likeness (QED) is 0.168. The van der Waals surface area contributed by atoms with Gasteiger partial charge in [0.1, 0.15) is 0 Å². The fourth-order valence-electron chi connectivity index (χ4n) is 2.03. The Morgan fingerprint density at radius 3 is 1.37 bits per heavy atom. The van der Waals surface area contributed by atoms with Crippen LogP contribution in [0.25, 0.3) is 10.8 Å². The molecule has 16 heteroatoms. The maximum absolute atomic E-state index is 11.6. The van der Waals surface area contributed by atoms with Crippen LogP contribution in [-0.2, 0) is 34.1 Å². The van der Waals surface area contributed by atoms with Crippen LogP contribution in [0.1, 0.15) is 11.1 Å². The first-order chi connectivity index (χ1) is 17.1. The Morgan fingerprint density at radius 1 is 0.816 bits per heavy atom. The molecule has 0 aliphatic rings. The first-order valence-corrected chi connectivity index (χ1v) is 12.9. The van der Waals surface area contributed by atoms with Gasteiger partial charge in [-0.3, -0.25) is 9.98 Å². The van der Waals surface area contributed by atoms with Gasteiger partial charge in [-0.15, -0.1) is 0 Å². The minimum absolute atomic E-state index is 0. The average Bonchev–Trinajstić information content (AvgIpc) is 2.82. The summed E-state index contributed by atoms with van der Waals surface area (Å²) in [5.41, 5.74) is 1.01. The number of likely N-dealkylation sites (N-methyl/N-ethyl adjacent to an activating group) is 2. The number of rotatable bonds is 8. The van der Waals surface area contributed by atoms with Crippen LogP contribution in [0.2, 0.25) is 10.0 Å². The molecule has 0 saturated carbocycles. The van der Waals surface area contributed by atoms with Gasteiger partial charge in [-0.05, 0) is 49.5 Å². The van der Waals surface area contributed by atoms with Crippen molar-refractivity contribution in [2.45, 2.75) is 0 Å². The second kappa shape index (κ2) is 29.5. The van der Waals surface area contributed by atoms with Crippen molar-refractivity contribution < 1.29 is 44.4 Å². The summed E-state index contributed by atoms with van der Waals surface area (Å²) in [6, 6.07) is 6.37. The average molecular weight is 824 g/mol. The second-order valence-corrected chi connectivity index (χ2v) is 9.02. The number of thiocarbonyl (C=S) groups is 2. The third-order valence-corrected chi connectivity index (χ3v) is 5.13. The van der Waals surface area contributed by atoms with Crippen LogP contribution < -0.4 is 20.8 Å². The van der Waals surface area contributed by atoms with Gasteiger partial charge in [0.15, 0.2) is 0 Å². The molecule has 0 saturated heterocycles. The topological polar surface area (TPSA) is 140 Å². The number of isothiocyanates is 2. The van der Waals surface area contributed by atoms with E-state index in [2.05, 4.69) is 76.9 Å². The molecule has 0 spiro atoms. The van der Waals surface area contributed by atoms with Gasteiger partial charge in [-0.1, -0.05) is 91.0 Å². The summed E-state index contributed by atoms with van der Waals surface area (Å²) < 4.78 is 0.926. The van der Waals surface area contributed by atoms with Gasteiger partial charge in [0.05, 0.1) is 13.1 Å². The Bertz CT molecular complexity index is 991. The van der Waals surface area contributed by atoms with E-state index in [1.807, 2.05) is 14.1 Å². The molecule has 0 heterocycles. The van der Waals surface area contributed by atoms with Crippen LogP contribution in [0.3, 0.4) is 0 Å². The van der Waals surface area contributed by atoms with E-state index < -0.39 is 0 Å². The predicted molar refractivity (Wildman–Crippen MR) is 162 cm³/mol. The largest absolute Gasteiger partial charge is 2.00 e. The minimum Gasteiger partial charge on any atom is -0.871 e. The number of halogens is 4. The first-order valence-electron chi connectivity index (χ1n) is 9.76. The van der Waals surface area contributed by atoms with Crippen molar-refractivity contribution in [1.82, 2.24) is 10.6 Å². The standard InChI is InChI=1S/2C10H12BrClN2O.2CNS.2Cu/c2*1-13-2-3-14-6-7-4-8(12)5-9(11)10(7)15;2*2-1-3;;/h2*4-6,13,15H,2-3H2,1H3;;;;/q;;2*-1;2*+2/p-2. The van der Waals surface area contributed by atoms with E-state index in [1.54, 1.807) is 36.7 Å². The summed E-state index contributed by atoms with van der Waals surface area (Å²) >= 11 is 25.3. The Hall–Kier alpha value is -0.521. The molecule has 2 aromatic carbocycles. The summed E-state index contributed by atoms with van der Waals surface area (Å²) in [7, 11) is 3.70. The molecule has 0 bridgehead atoms. The van der Waals surface area contributed by atoms with E-state index in [4.69, 9.17) is 34.0 Å². The van der Waals surface area contributed by atoms with Crippen molar-refractivity contribution in [2.24, 2.45) is 9.98 Å². The molecule has 38 heavy (non-hydrogen) atoms. The number of hydrogen-bond acceptors (Lipinski definition) is 8. The Labute approximate surface area is 281 Å². The molecule has 0 aliphatic heterocycles. The van der Waals surface area contributed by atoms with Gasteiger partial charge in [-0.2, -0.15) is 10.3 Å². The minimum atomic E-state index is -0.0902. The van der Waals surface area contributed by atoms with Crippen molar-refractivity contribution in [3.8, 4) is 11.5 Å². The molecule has 0 unspecified atom stereocenters. The van der Waals surface area contributed by atoms with E-state index >= 15 is 0 Å². The summed E-state index contributed by atoms with van der Waals surface area (Å²) in [6.45, 7) is 2.85. The van der Waals surface area contributed by atoms with E-state index in [-0.39, 0.29) is 45.6 Å². The van der Waals surface area contributed by atoms with E-state index in [0.717, 1.165) is 13.1 Å². The third-order valence-electron chi connectivity index (χ3n) is 3.52. The van der Waals surface area contributed by atoms with Crippen LogP contribution in [0, 0.1) is 0 Å². The summed E-state index contributed by atoms with van der Waals surface area (Å²) in [5.74, 6) is -0.180. The van der Waals surface area contributed by atoms with Crippen LogP contribution in [0.4, 0.5) is 0 Å². The second-order valence-electron chi connectivity index (χ2n) is 6.07. The van der Waals surface area contributed by atoms with Gasteiger partial charge in [0, 0.05) is 44.5 Å². The molecule has 214 valence electrons. The Balaban J connectivity index is -0.000000241. The number of hydrogen-bond donors (Lipinski definition) is 2. The maximum atomic E-state index is 11.6. The Kier molecular flexibility index (Phi) is 34.5.